The van der Waals surface area contributed by atoms with Crippen molar-refractivity contribution in [3.8, 4) is 17.2 Å². The quantitative estimate of drug-likeness (QED) is 0.166. The van der Waals surface area contributed by atoms with E-state index in [-0.39, 0.29) is 5.91 Å². The van der Waals surface area contributed by atoms with Gasteiger partial charge in [0, 0.05) is 38.0 Å². The van der Waals surface area contributed by atoms with E-state index in [1.54, 1.807) is 18.9 Å². The van der Waals surface area contributed by atoms with E-state index in [0.717, 1.165) is 57.5 Å². The highest BCUT2D eigenvalue weighted by Crippen LogP contribution is 2.32. The number of nitrogens with zero attached hydrogens (tertiary/aromatic N) is 6. The Bertz CT molecular complexity index is 1700. The van der Waals surface area contributed by atoms with Crippen molar-refractivity contribution in [2.24, 2.45) is 0 Å². The number of anilines is 1. The van der Waals surface area contributed by atoms with Gasteiger partial charge in [-0.3, -0.25) is 9.36 Å². The molecule has 2 aromatic heterocycles. The van der Waals surface area contributed by atoms with Crippen molar-refractivity contribution < 1.29 is 14.3 Å². The van der Waals surface area contributed by atoms with Crippen LogP contribution in [-0.4, -0.2) is 70.5 Å². The van der Waals surface area contributed by atoms with Crippen molar-refractivity contribution in [3.05, 3.63) is 106 Å². The molecule has 0 saturated carbocycles. The standard InChI is InChI=1S/C33H34N6O3S2/c1-3-42-29-16-10-7-13-26(29)37-17-19-38(20-18-37)32(40)25-22-43-31(34-25)23-44-33-36-35-30(21-24-11-5-4-6-12-24)39(33)27-14-8-9-15-28(27)41-2/h4-16,22H,3,17-21,23H2,1-2H3. The van der Waals surface area contributed by atoms with Gasteiger partial charge in [0.2, 0.25) is 0 Å². The Morgan fingerprint density at radius 1 is 0.886 bits per heavy atom. The monoisotopic (exact) mass is 626 g/mol. The number of thioether (sulfide) groups is 1. The van der Waals surface area contributed by atoms with E-state index in [1.165, 1.54) is 11.3 Å². The van der Waals surface area contributed by atoms with Crippen LogP contribution in [0.15, 0.2) is 89.4 Å². The van der Waals surface area contributed by atoms with Crippen molar-refractivity contribution in [2.75, 3.05) is 44.8 Å². The van der Waals surface area contributed by atoms with Crippen molar-refractivity contribution >= 4 is 34.7 Å². The largest absolute Gasteiger partial charge is 0.495 e. The number of rotatable bonds is 11. The van der Waals surface area contributed by atoms with Gasteiger partial charge in [0.1, 0.15) is 28.0 Å². The summed E-state index contributed by atoms with van der Waals surface area (Å²) in [5, 5.41) is 12.6. The number of methoxy groups -OCH3 is 1. The predicted octanol–water partition coefficient (Wildman–Crippen LogP) is 5.98. The number of carbonyl (C=O) groups is 1. The molecule has 11 heteroatoms. The van der Waals surface area contributed by atoms with Crippen LogP contribution in [-0.2, 0) is 12.2 Å². The van der Waals surface area contributed by atoms with Gasteiger partial charge in [0.15, 0.2) is 5.16 Å². The van der Waals surface area contributed by atoms with Crippen LogP contribution >= 0.6 is 23.1 Å². The highest BCUT2D eigenvalue weighted by Gasteiger charge is 2.26. The summed E-state index contributed by atoms with van der Waals surface area (Å²) in [5.41, 5.74) is 3.59. The summed E-state index contributed by atoms with van der Waals surface area (Å²) in [7, 11) is 1.67. The molecule has 0 spiro atoms. The van der Waals surface area contributed by atoms with Crippen LogP contribution in [0.25, 0.3) is 5.69 Å². The maximum Gasteiger partial charge on any atom is 0.273 e. The molecular weight excluding hydrogens is 593 g/mol. The van der Waals surface area contributed by atoms with E-state index in [1.807, 2.05) is 77.9 Å². The Kier molecular flexibility index (Phi) is 9.43. The summed E-state index contributed by atoms with van der Waals surface area (Å²) in [6, 6.07) is 26.2. The number of carbonyl (C=O) groups excluding carboxylic acids is 1. The number of aromatic nitrogens is 4. The van der Waals surface area contributed by atoms with Crippen LogP contribution in [0.1, 0.15) is 33.8 Å². The van der Waals surface area contributed by atoms with E-state index >= 15 is 0 Å². The maximum atomic E-state index is 13.4. The normalized spacial score (nSPS) is 13.2. The van der Waals surface area contributed by atoms with Gasteiger partial charge in [-0.25, -0.2) is 4.98 Å². The fourth-order valence-corrected chi connectivity index (χ4v) is 7.00. The van der Waals surface area contributed by atoms with Gasteiger partial charge in [-0.15, -0.1) is 21.5 Å². The lowest BCUT2D eigenvalue weighted by Gasteiger charge is -2.36. The molecule has 0 unspecified atom stereocenters. The first-order chi connectivity index (χ1) is 21.6. The Morgan fingerprint density at radius 3 is 2.34 bits per heavy atom. The summed E-state index contributed by atoms with van der Waals surface area (Å²) in [6.07, 6.45) is 0.632. The lowest BCUT2D eigenvalue weighted by Crippen LogP contribution is -2.49. The molecule has 3 heterocycles. The molecule has 5 aromatic rings. The van der Waals surface area contributed by atoms with Crippen molar-refractivity contribution in [3.63, 3.8) is 0 Å². The zero-order valence-corrected chi connectivity index (χ0v) is 26.4. The van der Waals surface area contributed by atoms with Crippen LogP contribution in [0.4, 0.5) is 5.69 Å². The van der Waals surface area contributed by atoms with E-state index in [2.05, 4.69) is 37.9 Å². The second-order valence-electron chi connectivity index (χ2n) is 10.2. The molecule has 1 aliphatic heterocycles. The first-order valence-electron chi connectivity index (χ1n) is 14.6. The topological polar surface area (TPSA) is 85.6 Å². The third kappa shape index (κ3) is 6.58. The Morgan fingerprint density at radius 2 is 1.59 bits per heavy atom. The zero-order valence-electron chi connectivity index (χ0n) is 24.8. The predicted molar refractivity (Wildman–Crippen MR) is 175 cm³/mol. The molecule has 0 aliphatic carbocycles. The number of thiazole rings is 1. The van der Waals surface area contributed by atoms with Gasteiger partial charge in [-0.2, -0.15) is 0 Å². The number of ether oxygens (including phenoxy) is 2. The van der Waals surface area contributed by atoms with Crippen molar-refractivity contribution in [2.45, 2.75) is 24.3 Å². The average molecular weight is 627 g/mol. The van der Waals surface area contributed by atoms with Crippen LogP contribution in [0.5, 0.6) is 11.5 Å². The minimum atomic E-state index is -0.0300. The van der Waals surface area contributed by atoms with Crippen molar-refractivity contribution in [1.82, 2.24) is 24.6 Å². The molecule has 44 heavy (non-hydrogen) atoms. The van der Waals surface area contributed by atoms with Gasteiger partial charge < -0.3 is 19.3 Å². The highest BCUT2D eigenvalue weighted by molar-refractivity contribution is 7.98. The van der Waals surface area contributed by atoms with Gasteiger partial charge in [-0.1, -0.05) is 66.4 Å². The first-order valence-corrected chi connectivity index (χ1v) is 16.5. The van der Waals surface area contributed by atoms with E-state index in [0.29, 0.717) is 37.6 Å². The summed E-state index contributed by atoms with van der Waals surface area (Å²) >= 11 is 3.04. The van der Waals surface area contributed by atoms with Crippen LogP contribution in [0.2, 0.25) is 0 Å². The first kappa shape index (κ1) is 29.7. The van der Waals surface area contributed by atoms with Crippen LogP contribution < -0.4 is 14.4 Å². The van der Waals surface area contributed by atoms with Gasteiger partial charge in [0.05, 0.1) is 30.8 Å². The van der Waals surface area contributed by atoms with Crippen molar-refractivity contribution in [1.29, 1.82) is 0 Å². The molecule has 0 N–H and O–H groups in total. The van der Waals surface area contributed by atoms with Gasteiger partial charge in [0.25, 0.3) is 5.91 Å². The van der Waals surface area contributed by atoms with E-state index in [4.69, 9.17) is 14.5 Å². The molecule has 1 amide bonds. The minimum Gasteiger partial charge on any atom is -0.495 e. The number of benzene rings is 3. The fourth-order valence-electron chi connectivity index (χ4n) is 5.25. The second kappa shape index (κ2) is 14.0. The molecule has 0 radical (unpaired) electrons. The summed E-state index contributed by atoms with van der Waals surface area (Å²) in [4.78, 5) is 22.3. The van der Waals surface area contributed by atoms with Crippen LogP contribution in [0, 0.1) is 0 Å². The molecule has 3 aromatic carbocycles. The van der Waals surface area contributed by atoms with E-state index in [9.17, 15) is 4.79 Å². The third-order valence-corrected chi connectivity index (χ3v) is 9.37. The highest BCUT2D eigenvalue weighted by atomic mass is 32.2. The molecule has 1 saturated heterocycles. The summed E-state index contributed by atoms with van der Waals surface area (Å²) in [6.45, 7) is 5.36. The molecule has 0 bridgehead atoms. The number of hydrogen-bond donors (Lipinski definition) is 0. The maximum absolute atomic E-state index is 13.4. The molecule has 1 fully saturated rings. The lowest BCUT2D eigenvalue weighted by molar-refractivity contribution is 0.0741. The summed E-state index contributed by atoms with van der Waals surface area (Å²) < 4.78 is 13.5. The Balaban J connectivity index is 1.13. The van der Waals surface area contributed by atoms with Gasteiger partial charge >= 0.3 is 0 Å². The van der Waals surface area contributed by atoms with Crippen LogP contribution in [0.3, 0.4) is 0 Å². The molecule has 1 aliphatic rings. The third-order valence-electron chi connectivity index (χ3n) is 7.40. The number of hydrogen-bond acceptors (Lipinski definition) is 9. The molecular formula is C33H34N6O3S2. The molecule has 6 rings (SSSR count). The second-order valence-corrected chi connectivity index (χ2v) is 12.0. The molecule has 9 nitrogen and oxygen atoms in total. The molecule has 0 atom stereocenters. The Labute approximate surface area is 265 Å². The SMILES string of the molecule is CCOc1ccccc1N1CCN(C(=O)c2csc(CSc3nnc(Cc4ccccc4)n3-c3ccccc3OC)n2)CC1. The number of piperazine rings is 1. The lowest BCUT2D eigenvalue weighted by atomic mass is 10.1. The number of para-hydroxylation sites is 4. The minimum absolute atomic E-state index is 0.0300. The fraction of sp³-hybridized carbons (Fsp3) is 0.273. The van der Waals surface area contributed by atoms with Gasteiger partial charge in [-0.05, 0) is 36.8 Å². The number of amides is 1. The summed E-state index contributed by atoms with van der Waals surface area (Å²) in [5.74, 6) is 2.98. The smallest absolute Gasteiger partial charge is 0.273 e. The average Bonchev–Trinajstić information content (AvgIpc) is 3.71. The molecule has 226 valence electrons. The zero-order chi connectivity index (χ0) is 30.3. The van der Waals surface area contributed by atoms with E-state index < -0.39 is 0 Å². The Hall–Kier alpha value is -4.35.